The quantitative estimate of drug-likeness (QED) is 0.775. The van der Waals surface area contributed by atoms with Crippen molar-refractivity contribution < 1.29 is 9.53 Å². The smallest absolute Gasteiger partial charge is 0.227 e. The van der Waals surface area contributed by atoms with E-state index in [1.54, 1.807) is 13.2 Å². The number of carbonyl (C=O) groups excluding carboxylic acids is 1. The first-order chi connectivity index (χ1) is 13.1. The average Bonchev–Trinajstić information content (AvgIpc) is 2.68. The van der Waals surface area contributed by atoms with Crippen LogP contribution in [0.15, 0.2) is 42.5 Å². The first-order valence-corrected chi connectivity index (χ1v) is 9.89. The van der Waals surface area contributed by atoms with Crippen LogP contribution >= 0.6 is 23.2 Å². The van der Waals surface area contributed by atoms with E-state index in [4.69, 9.17) is 27.9 Å². The van der Waals surface area contributed by atoms with E-state index in [1.807, 2.05) is 41.3 Å². The lowest BCUT2D eigenvalue weighted by Gasteiger charge is -2.35. The minimum atomic E-state index is 0.109. The molecule has 1 fully saturated rings. The van der Waals surface area contributed by atoms with Gasteiger partial charge in [-0.3, -0.25) is 4.79 Å². The number of nitrogens with one attached hydrogen (secondary N) is 1. The molecular weight excluding hydrogens is 383 g/mol. The summed E-state index contributed by atoms with van der Waals surface area (Å²) < 4.78 is 5.19. The van der Waals surface area contributed by atoms with E-state index in [0.717, 1.165) is 42.8 Å². The standard InChI is InChI=1S/C21H24Cl2N2O2/c1-27-19-6-2-15(3-7-19)12-21(26)25(18-8-10-24-11-9-18)14-16-4-5-17(22)13-20(16)23/h2-7,13,18,24H,8-12,14H2,1H3. The Hall–Kier alpha value is -1.75. The summed E-state index contributed by atoms with van der Waals surface area (Å²) in [5.41, 5.74) is 1.89. The van der Waals surface area contributed by atoms with Crippen LogP contribution in [0.3, 0.4) is 0 Å². The zero-order valence-corrected chi connectivity index (χ0v) is 16.9. The van der Waals surface area contributed by atoms with Crippen molar-refractivity contribution in [1.82, 2.24) is 10.2 Å². The van der Waals surface area contributed by atoms with E-state index >= 15 is 0 Å². The third-order valence-electron chi connectivity index (χ3n) is 4.94. The molecule has 2 aromatic carbocycles. The number of piperidine rings is 1. The second-order valence-corrected chi connectivity index (χ2v) is 7.61. The van der Waals surface area contributed by atoms with Crippen molar-refractivity contribution in [2.75, 3.05) is 20.2 Å². The number of carbonyl (C=O) groups is 1. The van der Waals surface area contributed by atoms with Gasteiger partial charge in [0.25, 0.3) is 0 Å². The number of hydrogen-bond acceptors (Lipinski definition) is 3. The number of halogens is 2. The van der Waals surface area contributed by atoms with Crippen molar-refractivity contribution in [3.63, 3.8) is 0 Å². The molecule has 0 aromatic heterocycles. The van der Waals surface area contributed by atoms with Gasteiger partial charge in [0.15, 0.2) is 0 Å². The molecule has 3 rings (SSSR count). The Bertz CT molecular complexity index is 774. The summed E-state index contributed by atoms with van der Waals surface area (Å²) in [6.45, 7) is 2.34. The van der Waals surface area contributed by atoms with E-state index in [9.17, 15) is 4.79 Å². The highest BCUT2D eigenvalue weighted by molar-refractivity contribution is 6.35. The number of nitrogens with zero attached hydrogens (tertiary/aromatic N) is 1. The lowest BCUT2D eigenvalue weighted by Crippen LogP contribution is -2.46. The number of hydrogen-bond donors (Lipinski definition) is 1. The molecule has 0 spiro atoms. The molecule has 2 aromatic rings. The van der Waals surface area contributed by atoms with E-state index < -0.39 is 0 Å². The van der Waals surface area contributed by atoms with Gasteiger partial charge in [-0.2, -0.15) is 0 Å². The molecule has 1 N–H and O–H groups in total. The summed E-state index contributed by atoms with van der Waals surface area (Å²) in [4.78, 5) is 15.1. The van der Waals surface area contributed by atoms with Crippen molar-refractivity contribution in [3.05, 3.63) is 63.6 Å². The van der Waals surface area contributed by atoms with Gasteiger partial charge in [-0.1, -0.05) is 41.4 Å². The van der Waals surface area contributed by atoms with Gasteiger partial charge in [-0.05, 0) is 61.3 Å². The maximum Gasteiger partial charge on any atom is 0.227 e. The molecular formula is C21H24Cl2N2O2. The zero-order chi connectivity index (χ0) is 19.2. The fourth-order valence-electron chi connectivity index (χ4n) is 3.39. The van der Waals surface area contributed by atoms with Crippen LogP contribution in [0.1, 0.15) is 24.0 Å². The lowest BCUT2D eigenvalue weighted by atomic mass is 10.0. The van der Waals surface area contributed by atoms with Gasteiger partial charge in [0.2, 0.25) is 5.91 Å². The minimum Gasteiger partial charge on any atom is -0.497 e. The Kier molecular flexibility index (Phi) is 7.00. The van der Waals surface area contributed by atoms with E-state index in [0.29, 0.717) is 23.0 Å². The fraction of sp³-hybridized carbons (Fsp3) is 0.381. The topological polar surface area (TPSA) is 41.6 Å². The molecule has 6 heteroatoms. The highest BCUT2D eigenvalue weighted by Crippen LogP contribution is 2.25. The van der Waals surface area contributed by atoms with Gasteiger partial charge < -0.3 is 15.0 Å². The van der Waals surface area contributed by atoms with Crippen LogP contribution in [0.25, 0.3) is 0 Å². The Morgan fingerprint density at radius 1 is 1.15 bits per heavy atom. The third-order valence-corrected chi connectivity index (χ3v) is 5.53. The SMILES string of the molecule is COc1ccc(CC(=O)N(Cc2ccc(Cl)cc2Cl)C2CCNCC2)cc1. The molecule has 27 heavy (non-hydrogen) atoms. The van der Waals surface area contributed by atoms with Gasteiger partial charge in [0, 0.05) is 22.6 Å². The Morgan fingerprint density at radius 2 is 1.85 bits per heavy atom. The van der Waals surface area contributed by atoms with Crippen LogP contribution in [0.2, 0.25) is 10.0 Å². The van der Waals surface area contributed by atoms with Gasteiger partial charge in [0.05, 0.1) is 13.5 Å². The first-order valence-electron chi connectivity index (χ1n) is 9.14. The number of rotatable bonds is 6. The van der Waals surface area contributed by atoms with Crippen molar-refractivity contribution >= 4 is 29.1 Å². The molecule has 0 unspecified atom stereocenters. The molecule has 0 saturated carbocycles. The molecule has 1 aliphatic rings. The van der Waals surface area contributed by atoms with Crippen molar-refractivity contribution in [1.29, 1.82) is 0 Å². The first kappa shape index (κ1) is 20.0. The molecule has 0 radical (unpaired) electrons. The minimum absolute atomic E-state index is 0.109. The Labute approximate surface area is 170 Å². The molecule has 1 amide bonds. The Morgan fingerprint density at radius 3 is 2.48 bits per heavy atom. The molecule has 1 heterocycles. The highest BCUT2D eigenvalue weighted by atomic mass is 35.5. The molecule has 0 atom stereocenters. The molecule has 4 nitrogen and oxygen atoms in total. The number of ether oxygens (including phenoxy) is 1. The highest BCUT2D eigenvalue weighted by Gasteiger charge is 2.26. The third kappa shape index (κ3) is 5.38. The molecule has 1 aliphatic heterocycles. The predicted molar refractivity (Wildman–Crippen MR) is 110 cm³/mol. The summed E-state index contributed by atoms with van der Waals surface area (Å²) in [6.07, 6.45) is 2.25. The van der Waals surface area contributed by atoms with Gasteiger partial charge in [0.1, 0.15) is 5.75 Å². The number of benzene rings is 2. The summed E-state index contributed by atoms with van der Waals surface area (Å²) >= 11 is 12.4. The fourth-order valence-corrected chi connectivity index (χ4v) is 3.86. The lowest BCUT2D eigenvalue weighted by molar-refractivity contribution is -0.134. The summed E-state index contributed by atoms with van der Waals surface area (Å²) in [5.74, 6) is 0.896. The van der Waals surface area contributed by atoms with Crippen LogP contribution in [0.4, 0.5) is 0 Å². The van der Waals surface area contributed by atoms with Crippen LogP contribution in [0.5, 0.6) is 5.75 Å². The van der Waals surface area contributed by atoms with Crippen LogP contribution < -0.4 is 10.1 Å². The van der Waals surface area contributed by atoms with E-state index in [-0.39, 0.29) is 11.9 Å². The molecule has 1 saturated heterocycles. The normalized spacial score (nSPS) is 14.8. The van der Waals surface area contributed by atoms with Crippen molar-refractivity contribution in [2.24, 2.45) is 0 Å². The van der Waals surface area contributed by atoms with Gasteiger partial charge in [-0.25, -0.2) is 0 Å². The summed E-state index contributed by atoms with van der Waals surface area (Å²) in [5, 5.41) is 4.55. The van der Waals surface area contributed by atoms with Crippen molar-refractivity contribution in [2.45, 2.75) is 31.8 Å². The average molecular weight is 407 g/mol. The molecule has 0 aliphatic carbocycles. The summed E-state index contributed by atoms with van der Waals surface area (Å²) in [6, 6.07) is 13.3. The van der Waals surface area contributed by atoms with Gasteiger partial charge >= 0.3 is 0 Å². The molecule has 144 valence electrons. The van der Waals surface area contributed by atoms with Crippen LogP contribution in [0, 0.1) is 0 Å². The second kappa shape index (κ2) is 9.45. The summed E-state index contributed by atoms with van der Waals surface area (Å²) in [7, 11) is 1.63. The Balaban J connectivity index is 1.78. The van der Waals surface area contributed by atoms with E-state index in [2.05, 4.69) is 5.32 Å². The predicted octanol–water partition coefficient (Wildman–Crippen LogP) is 4.33. The second-order valence-electron chi connectivity index (χ2n) is 6.76. The molecule has 0 bridgehead atoms. The monoisotopic (exact) mass is 406 g/mol. The number of methoxy groups -OCH3 is 1. The zero-order valence-electron chi connectivity index (χ0n) is 15.4. The van der Waals surface area contributed by atoms with Crippen LogP contribution in [-0.4, -0.2) is 37.0 Å². The number of amides is 1. The van der Waals surface area contributed by atoms with E-state index in [1.165, 1.54) is 0 Å². The maximum absolute atomic E-state index is 13.2. The van der Waals surface area contributed by atoms with Crippen LogP contribution in [-0.2, 0) is 17.8 Å². The largest absolute Gasteiger partial charge is 0.497 e. The maximum atomic E-state index is 13.2. The van der Waals surface area contributed by atoms with Gasteiger partial charge in [-0.15, -0.1) is 0 Å². The van der Waals surface area contributed by atoms with Crippen molar-refractivity contribution in [3.8, 4) is 5.75 Å².